The van der Waals surface area contributed by atoms with E-state index in [1.807, 2.05) is 26.8 Å². The third-order valence-electron chi connectivity index (χ3n) is 1.84. The molecule has 0 saturated heterocycles. The second-order valence-electron chi connectivity index (χ2n) is 4.62. The second-order valence-corrected chi connectivity index (χ2v) is 5.41. The summed E-state index contributed by atoms with van der Waals surface area (Å²) in [7, 11) is 0. The number of aryl methyl sites for hydroxylation is 1. The predicted octanol–water partition coefficient (Wildman–Crippen LogP) is 3.37. The molecule has 1 N–H and O–H groups in total. The van der Waals surface area contributed by atoms with Gasteiger partial charge in [-0.2, -0.15) is 0 Å². The molecule has 4 nitrogen and oxygen atoms in total. The van der Waals surface area contributed by atoms with Crippen LogP contribution in [0.3, 0.4) is 0 Å². The van der Waals surface area contributed by atoms with Gasteiger partial charge in [0, 0.05) is 11.5 Å². The maximum absolute atomic E-state index is 11.5. The van der Waals surface area contributed by atoms with Crippen LogP contribution in [-0.4, -0.2) is 22.0 Å². The maximum Gasteiger partial charge on any atom is 0.413 e. The van der Waals surface area contributed by atoms with Crippen LogP contribution in [0.2, 0.25) is 0 Å². The molecule has 0 aliphatic heterocycles. The highest BCUT2D eigenvalue weighted by molar-refractivity contribution is 9.09. The summed E-state index contributed by atoms with van der Waals surface area (Å²) in [6.07, 6.45) is 2.17. The Kier molecular flexibility index (Phi) is 4.93. The number of rotatable bonds is 3. The van der Waals surface area contributed by atoms with E-state index < -0.39 is 11.7 Å². The zero-order valence-electron chi connectivity index (χ0n) is 10.3. The van der Waals surface area contributed by atoms with Crippen LogP contribution in [0.4, 0.5) is 10.6 Å². The lowest BCUT2D eigenvalue weighted by Crippen LogP contribution is -2.27. The van der Waals surface area contributed by atoms with E-state index in [2.05, 4.69) is 26.2 Å². The van der Waals surface area contributed by atoms with Crippen LogP contribution in [0.25, 0.3) is 0 Å². The average Bonchev–Trinajstić information content (AvgIpc) is 2.18. The molecular formula is C12H17BrN2O2. The quantitative estimate of drug-likeness (QED) is 0.871. The Labute approximate surface area is 110 Å². The van der Waals surface area contributed by atoms with E-state index in [0.717, 1.165) is 17.3 Å². The minimum absolute atomic E-state index is 0.488. The van der Waals surface area contributed by atoms with E-state index in [9.17, 15) is 4.79 Å². The minimum atomic E-state index is -0.500. The molecule has 1 aromatic heterocycles. The van der Waals surface area contributed by atoms with E-state index in [0.29, 0.717) is 5.82 Å². The SMILES string of the molecule is CC(C)(C)OC(=O)Nc1ccc(CCBr)cn1. The van der Waals surface area contributed by atoms with Crippen LogP contribution in [0.1, 0.15) is 26.3 Å². The number of nitrogens with one attached hydrogen (secondary N) is 1. The van der Waals surface area contributed by atoms with Crippen molar-refractivity contribution in [3.8, 4) is 0 Å². The van der Waals surface area contributed by atoms with Gasteiger partial charge in [-0.15, -0.1) is 0 Å². The summed E-state index contributed by atoms with van der Waals surface area (Å²) in [6, 6.07) is 3.70. The summed E-state index contributed by atoms with van der Waals surface area (Å²) in [5.74, 6) is 0.498. The Morgan fingerprint density at radius 1 is 1.47 bits per heavy atom. The van der Waals surface area contributed by atoms with E-state index in [4.69, 9.17) is 4.74 Å². The largest absolute Gasteiger partial charge is 0.444 e. The molecule has 0 radical (unpaired) electrons. The van der Waals surface area contributed by atoms with Gasteiger partial charge in [-0.05, 0) is 38.8 Å². The summed E-state index contributed by atoms with van der Waals surface area (Å²) in [6.45, 7) is 5.46. The number of anilines is 1. The molecule has 1 amide bonds. The minimum Gasteiger partial charge on any atom is -0.444 e. The van der Waals surface area contributed by atoms with Crippen molar-refractivity contribution in [2.24, 2.45) is 0 Å². The third kappa shape index (κ3) is 5.68. The van der Waals surface area contributed by atoms with Crippen molar-refractivity contribution in [1.29, 1.82) is 0 Å². The Morgan fingerprint density at radius 3 is 2.65 bits per heavy atom. The molecule has 17 heavy (non-hydrogen) atoms. The number of pyridine rings is 1. The number of hydrogen-bond acceptors (Lipinski definition) is 3. The first-order chi connectivity index (χ1) is 7.90. The number of aromatic nitrogens is 1. The van der Waals surface area contributed by atoms with Gasteiger partial charge in [0.25, 0.3) is 0 Å². The lowest BCUT2D eigenvalue weighted by Gasteiger charge is -2.19. The van der Waals surface area contributed by atoms with Crippen molar-refractivity contribution >= 4 is 27.8 Å². The Hall–Kier alpha value is -1.10. The zero-order chi connectivity index (χ0) is 12.9. The van der Waals surface area contributed by atoms with Crippen molar-refractivity contribution in [1.82, 2.24) is 4.98 Å². The van der Waals surface area contributed by atoms with Crippen molar-refractivity contribution in [3.05, 3.63) is 23.9 Å². The highest BCUT2D eigenvalue weighted by Gasteiger charge is 2.16. The molecule has 0 fully saturated rings. The molecule has 0 aliphatic rings. The molecule has 1 heterocycles. The first kappa shape index (κ1) is 14.0. The first-order valence-corrected chi connectivity index (χ1v) is 6.54. The first-order valence-electron chi connectivity index (χ1n) is 5.41. The van der Waals surface area contributed by atoms with Gasteiger partial charge in [0.2, 0.25) is 0 Å². The number of carbonyl (C=O) groups excluding carboxylic acids is 1. The number of alkyl halides is 1. The molecular weight excluding hydrogens is 284 g/mol. The van der Waals surface area contributed by atoms with Crippen molar-refractivity contribution in [2.75, 3.05) is 10.6 Å². The number of carbonyl (C=O) groups is 1. The lowest BCUT2D eigenvalue weighted by molar-refractivity contribution is 0.0635. The number of hydrogen-bond donors (Lipinski definition) is 1. The lowest BCUT2D eigenvalue weighted by atomic mass is 10.2. The van der Waals surface area contributed by atoms with Crippen LogP contribution in [0.15, 0.2) is 18.3 Å². The fourth-order valence-electron chi connectivity index (χ4n) is 1.16. The summed E-state index contributed by atoms with van der Waals surface area (Å²) in [5.41, 5.74) is 0.622. The molecule has 0 unspecified atom stereocenters. The molecule has 1 rings (SSSR count). The Morgan fingerprint density at radius 2 is 2.18 bits per heavy atom. The Balaban J connectivity index is 2.54. The van der Waals surface area contributed by atoms with E-state index in [1.165, 1.54) is 0 Å². The number of ether oxygens (including phenoxy) is 1. The van der Waals surface area contributed by atoms with Crippen LogP contribution < -0.4 is 5.32 Å². The van der Waals surface area contributed by atoms with Gasteiger partial charge in [0.1, 0.15) is 11.4 Å². The topological polar surface area (TPSA) is 51.2 Å². The van der Waals surface area contributed by atoms with Gasteiger partial charge in [0.05, 0.1) is 0 Å². The average molecular weight is 301 g/mol. The van der Waals surface area contributed by atoms with Gasteiger partial charge >= 0.3 is 6.09 Å². The molecule has 1 aromatic rings. The molecule has 0 saturated carbocycles. The summed E-state index contributed by atoms with van der Waals surface area (Å²) < 4.78 is 5.12. The monoisotopic (exact) mass is 300 g/mol. The number of amides is 1. The van der Waals surface area contributed by atoms with E-state index in [1.54, 1.807) is 12.3 Å². The number of halogens is 1. The van der Waals surface area contributed by atoms with Crippen molar-refractivity contribution in [3.63, 3.8) is 0 Å². The fourth-order valence-corrected chi connectivity index (χ4v) is 1.62. The van der Waals surface area contributed by atoms with Crippen molar-refractivity contribution in [2.45, 2.75) is 32.8 Å². The standard InChI is InChI=1S/C12H17BrN2O2/c1-12(2,3)17-11(16)15-10-5-4-9(6-7-13)8-14-10/h4-5,8H,6-7H2,1-3H3,(H,14,15,16). The normalized spacial score (nSPS) is 11.1. The molecule has 5 heteroatoms. The van der Waals surface area contributed by atoms with E-state index in [-0.39, 0.29) is 0 Å². The van der Waals surface area contributed by atoms with Gasteiger partial charge in [-0.3, -0.25) is 5.32 Å². The molecule has 0 aromatic carbocycles. The van der Waals surface area contributed by atoms with Crippen LogP contribution in [-0.2, 0) is 11.2 Å². The van der Waals surface area contributed by atoms with Gasteiger partial charge in [-0.1, -0.05) is 22.0 Å². The summed E-state index contributed by atoms with van der Waals surface area (Å²) in [4.78, 5) is 15.6. The molecule has 0 atom stereocenters. The van der Waals surface area contributed by atoms with Crippen LogP contribution in [0, 0.1) is 0 Å². The van der Waals surface area contributed by atoms with Gasteiger partial charge in [0.15, 0.2) is 0 Å². The predicted molar refractivity (Wildman–Crippen MR) is 71.6 cm³/mol. The third-order valence-corrected chi connectivity index (χ3v) is 2.23. The molecule has 0 spiro atoms. The van der Waals surface area contributed by atoms with Gasteiger partial charge < -0.3 is 4.74 Å². The fraction of sp³-hybridized carbons (Fsp3) is 0.500. The smallest absolute Gasteiger partial charge is 0.413 e. The zero-order valence-corrected chi connectivity index (χ0v) is 11.9. The van der Waals surface area contributed by atoms with Crippen LogP contribution >= 0.6 is 15.9 Å². The Bertz CT molecular complexity index is 371. The summed E-state index contributed by atoms with van der Waals surface area (Å²) >= 11 is 3.36. The highest BCUT2D eigenvalue weighted by atomic mass is 79.9. The molecule has 94 valence electrons. The highest BCUT2D eigenvalue weighted by Crippen LogP contribution is 2.11. The summed E-state index contributed by atoms with van der Waals surface area (Å²) in [5, 5.41) is 3.48. The van der Waals surface area contributed by atoms with Crippen LogP contribution in [0.5, 0.6) is 0 Å². The van der Waals surface area contributed by atoms with E-state index >= 15 is 0 Å². The molecule has 0 bridgehead atoms. The maximum atomic E-state index is 11.5. The second kappa shape index (κ2) is 6.00. The van der Waals surface area contributed by atoms with Gasteiger partial charge in [-0.25, -0.2) is 9.78 Å². The molecule has 0 aliphatic carbocycles. The van der Waals surface area contributed by atoms with Crippen molar-refractivity contribution < 1.29 is 9.53 Å². The number of nitrogens with zero attached hydrogens (tertiary/aromatic N) is 1.